The van der Waals surface area contributed by atoms with Crippen molar-refractivity contribution in [3.05, 3.63) is 24.2 Å². The topological polar surface area (TPSA) is 53.8 Å². The molecule has 0 aliphatic carbocycles. The van der Waals surface area contributed by atoms with E-state index in [1.54, 1.807) is 11.0 Å². The number of amides is 2. The van der Waals surface area contributed by atoms with Crippen LogP contribution in [0.3, 0.4) is 0 Å². The van der Waals surface area contributed by atoms with Gasteiger partial charge in [0, 0.05) is 19.6 Å². The number of piperidine rings is 2. The normalized spacial score (nSPS) is 23.1. The molecule has 2 aliphatic rings. The van der Waals surface area contributed by atoms with E-state index in [-0.39, 0.29) is 17.9 Å². The van der Waals surface area contributed by atoms with Gasteiger partial charge in [-0.2, -0.15) is 0 Å². The van der Waals surface area contributed by atoms with Crippen LogP contribution in [0.1, 0.15) is 48.9 Å². The summed E-state index contributed by atoms with van der Waals surface area (Å²) in [4.78, 5) is 29.0. The average Bonchev–Trinajstić information content (AvgIpc) is 3.09. The van der Waals surface area contributed by atoms with Crippen molar-refractivity contribution in [3.8, 4) is 0 Å². The Balaban J connectivity index is 1.74. The van der Waals surface area contributed by atoms with Gasteiger partial charge in [-0.3, -0.25) is 9.59 Å². The number of likely N-dealkylation sites (tertiary alicyclic amines) is 2. The van der Waals surface area contributed by atoms with E-state index in [4.69, 9.17) is 4.42 Å². The second-order valence-electron chi connectivity index (χ2n) is 5.91. The number of hydrogen-bond donors (Lipinski definition) is 0. The molecule has 0 N–H and O–H groups in total. The first-order chi connectivity index (χ1) is 10.3. The first-order valence-electron chi connectivity index (χ1n) is 7.89. The predicted molar refractivity (Wildman–Crippen MR) is 77.8 cm³/mol. The van der Waals surface area contributed by atoms with E-state index in [1.165, 1.54) is 18.9 Å². The van der Waals surface area contributed by atoms with E-state index < -0.39 is 0 Å². The molecule has 0 saturated carbocycles. The lowest BCUT2D eigenvalue weighted by atomic mass is 9.99. The Morgan fingerprint density at radius 2 is 1.81 bits per heavy atom. The maximum absolute atomic E-state index is 12.7. The van der Waals surface area contributed by atoms with Gasteiger partial charge in [0.1, 0.15) is 12.3 Å². The minimum Gasteiger partial charge on any atom is -0.472 e. The van der Waals surface area contributed by atoms with Crippen molar-refractivity contribution in [1.82, 2.24) is 9.80 Å². The highest BCUT2D eigenvalue weighted by atomic mass is 16.3. The zero-order valence-corrected chi connectivity index (χ0v) is 12.3. The fourth-order valence-electron chi connectivity index (χ4n) is 3.31. The first-order valence-corrected chi connectivity index (χ1v) is 7.89. The third-order valence-electron chi connectivity index (χ3n) is 4.48. The van der Waals surface area contributed by atoms with Crippen molar-refractivity contribution in [1.29, 1.82) is 0 Å². The fraction of sp³-hybridized carbons (Fsp3) is 0.625. The Labute approximate surface area is 124 Å². The molecule has 0 bridgehead atoms. The van der Waals surface area contributed by atoms with E-state index in [9.17, 15) is 9.59 Å². The summed E-state index contributed by atoms with van der Waals surface area (Å²) < 4.78 is 5.00. The van der Waals surface area contributed by atoms with Gasteiger partial charge < -0.3 is 14.2 Å². The van der Waals surface area contributed by atoms with Crippen LogP contribution in [0, 0.1) is 0 Å². The summed E-state index contributed by atoms with van der Waals surface area (Å²) >= 11 is 0. The van der Waals surface area contributed by atoms with Gasteiger partial charge in [0.05, 0.1) is 11.8 Å². The number of hydrogen-bond acceptors (Lipinski definition) is 3. The Kier molecular flexibility index (Phi) is 4.27. The number of rotatable bonds is 2. The molecule has 1 unspecified atom stereocenters. The molecule has 5 nitrogen and oxygen atoms in total. The molecule has 2 amide bonds. The Bertz CT molecular complexity index is 492. The van der Waals surface area contributed by atoms with Gasteiger partial charge in [-0.25, -0.2) is 0 Å². The molecule has 5 heteroatoms. The molecule has 1 aromatic heterocycles. The summed E-state index contributed by atoms with van der Waals surface area (Å²) in [5.41, 5.74) is 0.536. The van der Waals surface area contributed by atoms with E-state index in [1.807, 2.05) is 4.90 Å². The third kappa shape index (κ3) is 2.96. The monoisotopic (exact) mass is 290 g/mol. The molecule has 114 valence electrons. The molecule has 2 fully saturated rings. The molecule has 2 saturated heterocycles. The van der Waals surface area contributed by atoms with Gasteiger partial charge in [-0.1, -0.05) is 0 Å². The molecule has 3 rings (SSSR count). The van der Waals surface area contributed by atoms with Crippen LogP contribution in [0.25, 0.3) is 0 Å². The van der Waals surface area contributed by atoms with Crippen molar-refractivity contribution in [2.75, 3.05) is 19.6 Å². The number of nitrogens with zero attached hydrogens (tertiary/aromatic N) is 2. The van der Waals surface area contributed by atoms with Crippen molar-refractivity contribution >= 4 is 11.8 Å². The van der Waals surface area contributed by atoms with Crippen LogP contribution in [0.2, 0.25) is 0 Å². The molecule has 3 heterocycles. The SMILES string of the molecule is O=C(C1CCCCN1C(=O)c1ccoc1)N1CCCCC1. The van der Waals surface area contributed by atoms with E-state index in [0.29, 0.717) is 12.1 Å². The van der Waals surface area contributed by atoms with Gasteiger partial charge in [0.25, 0.3) is 5.91 Å². The second kappa shape index (κ2) is 6.33. The van der Waals surface area contributed by atoms with Crippen LogP contribution in [0.15, 0.2) is 23.0 Å². The van der Waals surface area contributed by atoms with Gasteiger partial charge in [-0.15, -0.1) is 0 Å². The summed E-state index contributed by atoms with van der Waals surface area (Å²) in [6, 6.07) is 1.37. The highest BCUT2D eigenvalue weighted by Gasteiger charge is 2.35. The lowest BCUT2D eigenvalue weighted by Gasteiger charge is -2.38. The maximum Gasteiger partial charge on any atom is 0.257 e. The second-order valence-corrected chi connectivity index (χ2v) is 5.91. The number of carbonyl (C=O) groups excluding carboxylic acids is 2. The quantitative estimate of drug-likeness (QED) is 0.839. The van der Waals surface area contributed by atoms with Crippen LogP contribution in [0.5, 0.6) is 0 Å². The fourth-order valence-corrected chi connectivity index (χ4v) is 3.31. The summed E-state index contributed by atoms with van der Waals surface area (Å²) in [6.07, 6.45) is 9.07. The van der Waals surface area contributed by atoms with Crippen molar-refractivity contribution < 1.29 is 14.0 Å². The highest BCUT2D eigenvalue weighted by Crippen LogP contribution is 2.23. The third-order valence-corrected chi connectivity index (χ3v) is 4.48. The minimum absolute atomic E-state index is 0.0844. The Hall–Kier alpha value is -1.78. The molecular formula is C16H22N2O3. The van der Waals surface area contributed by atoms with Crippen molar-refractivity contribution in [2.24, 2.45) is 0 Å². The van der Waals surface area contributed by atoms with Gasteiger partial charge in [-0.05, 0) is 44.6 Å². The largest absolute Gasteiger partial charge is 0.472 e. The molecule has 1 aromatic rings. The molecule has 0 spiro atoms. The Morgan fingerprint density at radius 1 is 1.05 bits per heavy atom. The summed E-state index contributed by atoms with van der Waals surface area (Å²) in [5.74, 6) is 0.0463. The van der Waals surface area contributed by atoms with Gasteiger partial charge >= 0.3 is 0 Å². The molecule has 2 aliphatic heterocycles. The summed E-state index contributed by atoms with van der Waals surface area (Å²) in [6.45, 7) is 2.33. The smallest absolute Gasteiger partial charge is 0.257 e. The van der Waals surface area contributed by atoms with Crippen molar-refractivity contribution in [2.45, 2.75) is 44.6 Å². The summed E-state index contributed by atoms with van der Waals surface area (Å²) in [5, 5.41) is 0. The highest BCUT2D eigenvalue weighted by molar-refractivity contribution is 5.97. The zero-order chi connectivity index (χ0) is 14.7. The summed E-state index contributed by atoms with van der Waals surface area (Å²) in [7, 11) is 0. The Morgan fingerprint density at radius 3 is 2.52 bits per heavy atom. The lowest BCUT2D eigenvalue weighted by Crippen LogP contribution is -2.53. The first kappa shape index (κ1) is 14.2. The maximum atomic E-state index is 12.7. The van der Waals surface area contributed by atoms with E-state index in [0.717, 1.165) is 45.2 Å². The van der Waals surface area contributed by atoms with Gasteiger partial charge in [0.15, 0.2) is 0 Å². The van der Waals surface area contributed by atoms with Crippen LogP contribution >= 0.6 is 0 Å². The molecular weight excluding hydrogens is 268 g/mol. The molecule has 21 heavy (non-hydrogen) atoms. The van der Waals surface area contributed by atoms with Crippen LogP contribution in [0.4, 0.5) is 0 Å². The van der Waals surface area contributed by atoms with Crippen LogP contribution < -0.4 is 0 Å². The van der Waals surface area contributed by atoms with Crippen LogP contribution in [-0.4, -0.2) is 47.3 Å². The average molecular weight is 290 g/mol. The standard InChI is InChI=1S/C16H22N2O3/c19-15(13-7-11-21-12-13)18-10-5-2-6-14(18)16(20)17-8-3-1-4-9-17/h7,11-12,14H,1-6,8-10H2. The van der Waals surface area contributed by atoms with E-state index >= 15 is 0 Å². The zero-order valence-electron chi connectivity index (χ0n) is 12.3. The van der Waals surface area contributed by atoms with Crippen molar-refractivity contribution in [3.63, 3.8) is 0 Å². The van der Waals surface area contributed by atoms with E-state index in [2.05, 4.69) is 0 Å². The molecule has 1 atom stereocenters. The predicted octanol–water partition coefficient (Wildman–Crippen LogP) is 2.29. The number of furan rings is 1. The lowest BCUT2D eigenvalue weighted by molar-refractivity contribution is -0.138. The molecule has 0 aromatic carbocycles. The van der Waals surface area contributed by atoms with Gasteiger partial charge in [0.2, 0.25) is 5.91 Å². The molecule has 0 radical (unpaired) electrons. The van der Waals surface area contributed by atoms with Crippen LogP contribution in [-0.2, 0) is 4.79 Å². The number of carbonyl (C=O) groups is 2. The minimum atomic E-state index is -0.292.